The zero-order valence-corrected chi connectivity index (χ0v) is 10.3. The van der Waals surface area contributed by atoms with Crippen LogP contribution in [0.25, 0.3) is 0 Å². The Morgan fingerprint density at radius 1 is 1.62 bits per heavy atom. The highest BCUT2D eigenvalue weighted by molar-refractivity contribution is 5.95. The number of rotatable bonds is 3. The van der Waals surface area contributed by atoms with E-state index in [1.165, 1.54) is 0 Å². The molecule has 3 fully saturated rings. The molecule has 4 atom stereocenters. The van der Waals surface area contributed by atoms with Crippen LogP contribution in [0.5, 0.6) is 0 Å². The zero-order chi connectivity index (χ0) is 12.0. The number of fused-ring (bicyclic) bond motifs is 3. The number of carbonyl (C=O) groups is 1. The highest BCUT2D eigenvalue weighted by Crippen LogP contribution is 2.47. The molecule has 0 aromatic heterocycles. The van der Waals surface area contributed by atoms with E-state index < -0.39 is 5.54 Å². The second-order valence-corrected chi connectivity index (χ2v) is 5.51. The summed E-state index contributed by atoms with van der Waals surface area (Å²) in [6.45, 7) is 5.20. The minimum Gasteiger partial charge on any atom is -0.394 e. The SMILES string of the molecule is COC[C@@]1(CO)C(=O)[C@@]2(C)CCN1[C@@H](C)C2. The number of hydrogen-bond acceptors (Lipinski definition) is 4. The van der Waals surface area contributed by atoms with E-state index in [1.54, 1.807) is 7.11 Å². The fraction of sp³-hybridized carbons (Fsp3) is 0.917. The van der Waals surface area contributed by atoms with Gasteiger partial charge in [0.15, 0.2) is 5.78 Å². The van der Waals surface area contributed by atoms with E-state index in [4.69, 9.17) is 4.74 Å². The molecule has 0 aliphatic carbocycles. The first kappa shape index (κ1) is 12.0. The van der Waals surface area contributed by atoms with Gasteiger partial charge in [-0.05, 0) is 19.8 Å². The molecule has 0 saturated carbocycles. The number of Topliss-reactive ketones (excluding diaryl/α,β-unsaturated/α-hetero) is 1. The molecule has 92 valence electrons. The van der Waals surface area contributed by atoms with Crippen LogP contribution in [0.2, 0.25) is 0 Å². The van der Waals surface area contributed by atoms with Crippen LogP contribution in [0.4, 0.5) is 0 Å². The van der Waals surface area contributed by atoms with E-state index in [9.17, 15) is 9.90 Å². The first-order valence-corrected chi connectivity index (χ1v) is 5.92. The standard InChI is InChI=1S/C12H21NO3/c1-9-6-11(2)4-5-13(9)12(7-14,8-16-3)10(11)15/h9,14H,4-8H2,1-3H3/t9-,11-,12-/m0/s1. The van der Waals surface area contributed by atoms with E-state index in [2.05, 4.69) is 11.8 Å². The van der Waals surface area contributed by atoms with Gasteiger partial charge in [-0.25, -0.2) is 0 Å². The van der Waals surface area contributed by atoms with Crippen molar-refractivity contribution in [3.05, 3.63) is 0 Å². The van der Waals surface area contributed by atoms with Crippen LogP contribution in [0.3, 0.4) is 0 Å². The Morgan fingerprint density at radius 3 is 2.81 bits per heavy atom. The van der Waals surface area contributed by atoms with Gasteiger partial charge in [0.2, 0.25) is 0 Å². The van der Waals surface area contributed by atoms with Gasteiger partial charge in [0.25, 0.3) is 0 Å². The fourth-order valence-electron chi connectivity index (χ4n) is 3.58. The van der Waals surface area contributed by atoms with Gasteiger partial charge >= 0.3 is 0 Å². The minimum absolute atomic E-state index is 0.139. The van der Waals surface area contributed by atoms with Gasteiger partial charge in [-0.1, -0.05) is 6.92 Å². The first-order valence-electron chi connectivity index (χ1n) is 5.92. The van der Waals surface area contributed by atoms with Crippen molar-refractivity contribution in [1.29, 1.82) is 0 Å². The molecule has 2 bridgehead atoms. The van der Waals surface area contributed by atoms with Gasteiger partial charge in [0.1, 0.15) is 5.54 Å². The van der Waals surface area contributed by atoms with Gasteiger partial charge in [0.05, 0.1) is 13.2 Å². The normalized spacial score (nSPS) is 47.4. The molecule has 3 aliphatic rings. The molecular weight excluding hydrogens is 206 g/mol. The lowest BCUT2D eigenvalue weighted by molar-refractivity contribution is -0.177. The van der Waals surface area contributed by atoms with Crippen molar-refractivity contribution < 1.29 is 14.6 Å². The Bertz CT molecular complexity index is 307. The third-order valence-electron chi connectivity index (χ3n) is 4.35. The van der Waals surface area contributed by atoms with Gasteiger partial charge in [0, 0.05) is 25.1 Å². The highest BCUT2D eigenvalue weighted by Gasteiger charge is 2.60. The smallest absolute Gasteiger partial charge is 0.163 e. The maximum absolute atomic E-state index is 12.5. The molecule has 3 heterocycles. The quantitative estimate of drug-likeness (QED) is 0.760. The summed E-state index contributed by atoms with van der Waals surface area (Å²) in [5.41, 5.74) is -1.06. The number of hydrogen-bond donors (Lipinski definition) is 1. The second kappa shape index (κ2) is 3.79. The number of piperidine rings is 3. The maximum atomic E-state index is 12.5. The van der Waals surface area contributed by atoms with Crippen molar-refractivity contribution in [2.45, 2.75) is 38.3 Å². The molecule has 0 spiro atoms. The predicted molar refractivity (Wildman–Crippen MR) is 60.2 cm³/mol. The second-order valence-electron chi connectivity index (χ2n) is 5.51. The number of carbonyl (C=O) groups excluding carboxylic acids is 1. The van der Waals surface area contributed by atoms with E-state index in [-0.39, 0.29) is 17.8 Å². The molecule has 0 aromatic carbocycles. The van der Waals surface area contributed by atoms with Crippen molar-refractivity contribution in [2.24, 2.45) is 5.41 Å². The van der Waals surface area contributed by atoms with Crippen LogP contribution in [0.1, 0.15) is 26.7 Å². The van der Waals surface area contributed by atoms with E-state index >= 15 is 0 Å². The molecule has 4 heteroatoms. The summed E-state index contributed by atoms with van der Waals surface area (Å²) in [5.74, 6) is 0.161. The molecule has 3 saturated heterocycles. The molecule has 3 rings (SSSR count). The summed E-state index contributed by atoms with van der Waals surface area (Å²) in [7, 11) is 1.58. The third-order valence-corrected chi connectivity index (χ3v) is 4.35. The van der Waals surface area contributed by atoms with Crippen LogP contribution in [0.15, 0.2) is 0 Å². The number of methoxy groups -OCH3 is 1. The van der Waals surface area contributed by atoms with E-state index in [0.717, 1.165) is 19.4 Å². The molecule has 3 aliphatic heterocycles. The lowest BCUT2D eigenvalue weighted by Crippen LogP contribution is -2.74. The van der Waals surface area contributed by atoms with Crippen molar-refractivity contribution >= 4 is 5.78 Å². The van der Waals surface area contributed by atoms with Gasteiger partial charge in [-0.2, -0.15) is 0 Å². The number of ether oxygens (including phenoxy) is 1. The molecular formula is C12H21NO3. The van der Waals surface area contributed by atoms with Gasteiger partial charge in [-0.15, -0.1) is 0 Å². The number of aliphatic hydroxyl groups is 1. The van der Waals surface area contributed by atoms with Crippen LogP contribution >= 0.6 is 0 Å². The van der Waals surface area contributed by atoms with Crippen LogP contribution in [-0.4, -0.2) is 54.2 Å². The Labute approximate surface area is 96.6 Å². The van der Waals surface area contributed by atoms with Crippen molar-refractivity contribution in [2.75, 3.05) is 26.9 Å². The first-order chi connectivity index (χ1) is 7.50. The molecule has 0 amide bonds. The average molecular weight is 227 g/mol. The molecule has 0 radical (unpaired) electrons. The summed E-state index contributed by atoms with van der Waals surface area (Å²) in [4.78, 5) is 14.6. The average Bonchev–Trinajstić information content (AvgIpc) is 2.24. The molecule has 4 nitrogen and oxygen atoms in total. The largest absolute Gasteiger partial charge is 0.394 e. The summed E-state index contributed by atoms with van der Waals surface area (Å²) in [6, 6.07) is 0.346. The summed E-state index contributed by atoms with van der Waals surface area (Å²) in [5, 5.41) is 9.65. The Hall–Kier alpha value is -0.450. The molecule has 1 unspecified atom stereocenters. The van der Waals surface area contributed by atoms with E-state index in [0.29, 0.717) is 12.6 Å². The third kappa shape index (κ3) is 1.36. The number of aliphatic hydroxyl groups excluding tert-OH is 1. The maximum Gasteiger partial charge on any atom is 0.163 e. The van der Waals surface area contributed by atoms with E-state index in [1.807, 2.05) is 6.92 Å². The Kier molecular flexibility index (Phi) is 2.85. The van der Waals surface area contributed by atoms with Gasteiger partial charge in [-0.3, -0.25) is 9.69 Å². The monoisotopic (exact) mass is 227 g/mol. The van der Waals surface area contributed by atoms with Crippen LogP contribution in [-0.2, 0) is 9.53 Å². The van der Waals surface area contributed by atoms with Crippen molar-refractivity contribution in [3.8, 4) is 0 Å². The molecule has 16 heavy (non-hydrogen) atoms. The molecule has 0 aromatic rings. The lowest BCUT2D eigenvalue weighted by Gasteiger charge is -2.59. The summed E-state index contributed by atoms with van der Waals surface area (Å²) < 4.78 is 5.17. The molecule has 1 N–H and O–H groups in total. The van der Waals surface area contributed by atoms with Gasteiger partial charge < -0.3 is 9.84 Å². The topological polar surface area (TPSA) is 49.8 Å². The van der Waals surface area contributed by atoms with Crippen LogP contribution < -0.4 is 0 Å². The zero-order valence-electron chi connectivity index (χ0n) is 10.3. The lowest BCUT2D eigenvalue weighted by atomic mass is 9.62. The number of nitrogens with zero attached hydrogens (tertiary/aromatic N) is 1. The predicted octanol–water partition coefficient (Wildman–Crippen LogP) is 0.437. The Morgan fingerprint density at radius 2 is 2.31 bits per heavy atom. The highest BCUT2D eigenvalue weighted by atomic mass is 16.5. The summed E-state index contributed by atoms with van der Waals surface area (Å²) >= 11 is 0. The minimum atomic E-state index is -0.792. The number of ketones is 1. The Balaban J connectivity index is 2.40. The summed E-state index contributed by atoms with van der Waals surface area (Å²) in [6.07, 6.45) is 1.80. The van der Waals surface area contributed by atoms with Crippen molar-refractivity contribution in [1.82, 2.24) is 4.90 Å². The fourth-order valence-corrected chi connectivity index (χ4v) is 3.58. The van der Waals surface area contributed by atoms with Crippen LogP contribution in [0, 0.1) is 5.41 Å². The van der Waals surface area contributed by atoms with Crippen molar-refractivity contribution in [3.63, 3.8) is 0 Å².